The molecule has 102 valence electrons. The van der Waals surface area contributed by atoms with Crippen LogP contribution in [0.2, 0.25) is 0 Å². The minimum Gasteiger partial charge on any atom is -0.464 e. The Morgan fingerprint density at radius 1 is 1.11 bits per heavy atom. The van der Waals surface area contributed by atoms with Crippen molar-refractivity contribution in [2.45, 2.75) is 45.2 Å². The molecule has 5 nitrogen and oxygen atoms in total. The lowest BCUT2D eigenvalue weighted by molar-refractivity contribution is 0.308. The van der Waals surface area contributed by atoms with Crippen molar-refractivity contribution in [1.82, 2.24) is 15.0 Å². The van der Waals surface area contributed by atoms with Crippen molar-refractivity contribution < 1.29 is 4.74 Å². The Kier molecular flexibility index (Phi) is 7.48. The Hall–Kier alpha value is -1.04. The van der Waals surface area contributed by atoms with E-state index in [2.05, 4.69) is 34.1 Å². The fourth-order valence-electron chi connectivity index (χ4n) is 1.22. The first kappa shape index (κ1) is 15.0. The van der Waals surface area contributed by atoms with Crippen molar-refractivity contribution in [2.24, 2.45) is 0 Å². The molecular weight excluding hydrogens is 248 g/mol. The molecular formula is C12H22N4OS. The monoisotopic (exact) mass is 270 g/mol. The molecule has 1 aromatic heterocycles. The summed E-state index contributed by atoms with van der Waals surface area (Å²) in [6.07, 6.45) is 3.38. The molecule has 0 aliphatic heterocycles. The number of unbranched alkanes of at least 4 members (excludes halogenated alkanes) is 1. The molecule has 1 N–H and O–H groups in total. The van der Waals surface area contributed by atoms with E-state index in [4.69, 9.17) is 4.74 Å². The number of aromatic nitrogens is 3. The van der Waals surface area contributed by atoms with Crippen LogP contribution in [-0.4, -0.2) is 33.9 Å². The normalized spacial score (nSPS) is 10.4. The Balaban J connectivity index is 2.70. The second-order valence-corrected chi connectivity index (χ2v) is 4.85. The average molecular weight is 270 g/mol. The molecule has 1 aromatic rings. The van der Waals surface area contributed by atoms with Crippen LogP contribution in [0.25, 0.3) is 0 Å². The van der Waals surface area contributed by atoms with Gasteiger partial charge in [-0.3, -0.25) is 0 Å². The predicted octanol–water partition coefficient (Wildman–Crippen LogP) is 2.98. The van der Waals surface area contributed by atoms with Gasteiger partial charge in [-0.2, -0.15) is 15.0 Å². The van der Waals surface area contributed by atoms with Crippen LogP contribution in [0.5, 0.6) is 6.01 Å². The SMILES string of the molecule is CCCCSc1nc(NCCC)nc(OCC)n1. The summed E-state index contributed by atoms with van der Waals surface area (Å²) in [7, 11) is 0. The van der Waals surface area contributed by atoms with Crippen molar-refractivity contribution >= 4 is 17.7 Å². The van der Waals surface area contributed by atoms with Crippen molar-refractivity contribution in [1.29, 1.82) is 0 Å². The van der Waals surface area contributed by atoms with Crippen LogP contribution >= 0.6 is 11.8 Å². The molecule has 1 rings (SSSR count). The van der Waals surface area contributed by atoms with E-state index in [9.17, 15) is 0 Å². The van der Waals surface area contributed by atoms with Gasteiger partial charge in [0.2, 0.25) is 5.95 Å². The molecule has 0 aliphatic carbocycles. The number of anilines is 1. The van der Waals surface area contributed by atoms with Gasteiger partial charge < -0.3 is 10.1 Å². The third-order valence-electron chi connectivity index (χ3n) is 2.13. The highest BCUT2D eigenvalue weighted by molar-refractivity contribution is 7.99. The van der Waals surface area contributed by atoms with Gasteiger partial charge in [0, 0.05) is 12.3 Å². The smallest absolute Gasteiger partial charge is 0.322 e. The van der Waals surface area contributed by atoms with Gasteiger partial charge in [-0.25, -0.2) is 0 Å². The van der Waals surface area contributed by atoms with Crippen molar-refractivity contribution in [2.75, 3.05) is 24.2 Å². The van der Waals surface area contributed by atoms with Crippen LogP contribution in [0.4, 0.5) is 5.95 Å². The number of thioether (sulfide) groups is 1. The second-order valence-electron chi connectivity index (χ2n) is 3.79. The first-order chi connectivity index (χ1) is 8.80. The summed E-state index contributed by atoms with van der Waals surface area (Å²) in [5.74, 6) is 1.63. The molecule has 0 saturated heterocycles. The fourth-order valence-corrected chi connectivity index (χ4v) is 2.13. The van der Waals surface area contributed by atoms with Crippen LogP contribution in [0, 0.1) is 0 Å². The first-order valence-electron chi connectivity index (χ1n) is 6.55. The summed E-state index contributed by atoms with van der Waals surface area (Å²) in [6.45, 7) is 7.63. The zero-order valence-electron chi connectivity index (χ0n) is 11.4. The maximum absolute atomic E-state index is 5.36. The summed E-state index contributed by atoms with van der Waals surface area (Å²) >= 11 is 1.65. The molecule has 0 fully saturated rings. The van der Waals surface area contributed by atoms with Crippen molar-refractivity contribution in [3.63, 3.8) is 0 Å². The van der Waals surface area contributed by atoms with Gasteiger partial charge in [0.1, 0.15) is 0 Å². The second kappa shape index (κ2) is 8.97. The van der Waals surface area contributed by atoms with Gasteiger partial charge >= 0.3 is 6.01 Å². The summed E-state index contributed by atoms with van der Waals surface area (Å²) in [5, 5.41) is 3.90. The van der Waals surface area contributed by atoms with Crippen LogP contribution in [0.1, 0.15) is 40.0 Å². The number of rotatable bonds is 9. The van der Waals surface area contributed by atoms with Gasteiger partial charge in [0.25, 0.3) is 0 Å². The molecule has 0 aliphatic rings. The highest BCUT2D eigenvalue weighted by atomic mass is 32.2. The maximum Gasteiger partial charge on any atom is 0.322 e. The fraction of sp³-hybridized carbons (Fsp3) is 0.750. The van der Waals surface area contributed by atoms with E-state index >= 15 is 0 Å². The third kappa shape index (κ3) is 5.53. The molecule has 0 unspecified atom stereocenters. The van der Waals surface area contributed by atoms with Crippen LogP contribution in [0.15, 0.2) is 5.16 Å². The van der Waals surface area contributed by atoms with E-state index in [-0.39, 0.29) is 0 Å². The van der Waals surface area contributed by atoms with Gasteiger partial charge in [-0.15, -0.1) is 0 Å². The number of hydrogen-bond acceptors (Lipinski definition) is 6. The van der Waals surface area contributed by atoms with Gasteiger partial charge in [0.05, 0.1) is 6.61 Å². The molecule has 0 radical (unpaired) electrons. The molecule has 0 amide bonds. The van der Waals surface area contributed by atoms with E-state index < -0.39 is 0 Å². The number of ether oxygens (including phenoxy) is 1. The van der Waals surface area contributed by atoms with Gasteiger partial charge in [0.15, 0.2) is 5.16 Å². The highest BCUT2D eigenvalue weighted by Gasteiger charge is 2.07. The number of nitrogens with one attached hydrogen (secondary N) is 1. The zero-order chi connectivity index (χ0) is 13.2. The lowest BCUT2D eigenvalue weighted by Crippen LogP contribution is -2.08. The molecule has 1 heterocycles. The number of nitrogens with zero attached hydrogens (tertiary/aromatic N) is 3. The Morgan fingerprint density at radius 2 is 1.94 bits per heavy atom. The average Bonchev–Trinajstić information content (AvgIpc) is 2.37. The Labute approximate surface area is 113 Å². The summed E-state index contributed by atoms with van der Waals surface area (Å²) in [6, 6.07) is 0.408. The van der Waals surface area contributed by atoms with E-state index in [0.717, 1.165) is 30.3 Å². The Bertz CT molecular complexity index is 349. The first-order valence-corrected chi connectivity index (χ1v) is 7.54. The van der Waals surface area contributed by atoms with Gasteiger partial charge in [-0.05, 0) is 19.8 Å². The predicted molar refractivity (Wildman–Crippen MR) is 75.4 cm³/mol. The quantitative estimate of drug-likeness (QED) is 0.550. The summed E-state index contributed by atoms with van der Waals surface area (Å²) in [5.41, 5.74) is 0. The zero-order valence-corrected chi connectivity index (χ0v) is 12.2. The molecule has 6 heteroatoms. The van der Waals surface area contributed by atoms with E-state index in [0.29, 0.717) is 18.6 Å². The van der Waals surface area contributed by atoms with E-state index in [1.807, 2.05) is 6.92 Å². The van der Waals surface area contributed by atoms with E-state index in [1.165, 1.54) is 6.42 Å². The van der Waals surface area contributed by atoms with Crippen LogP contribution < -0.4 is 10.1 Å². The van der Waals surface area contributed by atoms with Crippen molar-refractivity contribution in [3.8, 4) is 6.01 Å². The largest absolute Gasteiger partial charge is 0.464 e. The molecule has 0 bridgehead atoms. The van der Waals surface area contributed by atoms with Crippen LogP contribution in [-0.2, 0) is 0 Å². The maximum atomic E-state index is 5.36. The topological polar surface area (TPSA) is 59.9 Å². The summed E-state index contributed by atoms with van der Waals surface area (Å²) < 4.78 is 5.36. The summed E-state index contributed by atoms with van der Waals surface area (Å²) in [4.78, 5) is 12.9. The molecule has 0 atom stereocenters. The lowest BCUT2D eigenvalue weighted by atomic mass is 10.4. The standard InChI is InChI=1S/C12H22N4OS/c1-4-7-9-18-12-15-10(13-8-5-2)14-11(16-12)17-6-3/h4-9H2,1-3H3,(H,13,14,15,16). The molecule has 0 spiro atoms. The minimum absolute atomic E-state index is 0.408. The van der Waals surface area contributed by atoms with Crippen LogP contribution in [0.3, 0.4) is 0 Å². The molecule has 0 saturated carbocycles. The Morgan fingerprint density at radius 3 is 2.61 bits per heavy atom. The number of hydrogen-bond donors (Lipinski definition) is 1. The minimum atomic E-state index is 0.408. The van der Waals surface area contributed by atoms with Gasteiger partial charge in [-0.1, -0.05) is 32.0 Å². The highest BCUT2D eigenvalue weighted by Crippen LogP contribution is 2.18. The molecule has 0 aromatic carbocycles. The lowest BCUT2D eigenvalue weighted by Gasteiger charge is -2.07. The van der Waals surface area contributed by atoms with Crippen molar-refractivity contribution in [3.05, 3.63) is 0 Å². The van der Waals surface area contributed by atoms with E-state index in [1.54, 1.807) is 11.8 Å². The molecule has 18 heavy (non-hydrogen) atoms. The third-order valence-corrected chi connectivity index (χ3v) is 3.06.